The first kappa shape index (κ1) is 18.8. The number of halogens is 2. The Balaban J connectivity index is 1.40. The van der Waals surface area contributed by atoms with E-state index >= 15 is 0 Å². The van der Waals surface area contributed by atoms with Crippen LogP contribution in [0, 0.1) is 5.82 Å². The summed E-state index contributed by atoms with van der Waals surface area (Å²) in [4.78, 5) is 29.2. The molecule has 140 valence electrons. The molecule has 1 heterocycles. The van der Waals surface area contributed by atoms with E-state index in [0.29, 0.717) is 22.8 Å². The predicted molar refractivity (Wildman–Crippen MR) is 100 cm³/mol. The Labute approximate surface area is 160 Å². The molecule has 0 spiro atoms. The van der Waals surface area contributed by atoms with Crippen molar-refractivity contribution >= 4 is 34.8 Å². The molecule has 0 fully saturated rings. The molecule has 2 N–H and O–H groups in total. The van der Waals surface area contributed by atoms with Gasteiger partial charge in [-0.2, -0.15) is 0 Å². The number of benzene rings is 2. The first-order valence-corrected chi connectivity index (χ1v) is 8.71. The van der Waals surface area contributed by atoms with Crippen molar-refractivity contribution in [1.29, 1.82) is 0 Å². The second-order valence-corrected chi connectivity index (χ2v) is 6.38. The summed E-state index contributed by atoms with van der Waals surface area (Å²) in [6, 6.07) is 12.6. The highest BCUT2D eigenvalue weighted by Gasteiger charge is 2.28. The van der Waals surface area contributed by atoms with E-state index in [-0.39, 0.29) is 30.6 Å². The number of carbonyl (C=O) groups excluding carboxylic acids is 2. The zero-order valence-electron chi connectivity index (χ0n) is 14.2. The number of oxime groups is 1. The molecule has 27 heavy (non-hydrogen) atoms. The third-order valence-corrected chi connectivity index (χ3v) is 4.17. The molecule has 0 aromatic heterocycles. The Morgan fingerprint density at radius 3 is 2.56 bits per heavy atom. The first-order valence-electron chi connectivity index (χ1n) is 8.33. The molecule has 0 aliphatic carbocycles. The summed E-state index contributed by atoms with van der Waals surface area (Å²) in [6.45, 7) is 0.155. The average molecular weight is 390 g/mol. The van der Waals surface area contributed by atoms with Gasteiger partial charge in [-0.1, -0.05) is 28.9 Å². The largest absolute Gasteiger partial charge is 0.382 e. The number of carbonyl (C=O) groups is 2. The Kier molecular flexibility index (Phi) is 6.03. The zero-order valence-corrected chi connectivity index (χ0v) is 15.0. The number of hydrogen-bond donors (Lipinski definition) is 2. The van der Waals surface area contributed by atoms with Crippen LogP contribution in [0.2, 0.25) is 5.02 Å². The fourth-order valence-electron chi connectivity index (χ4n) is 2.50. The molecular weight excluding hydrogens is 373 g/mol. The number of anilines is 1. The summed E-state index contributed by atoms with van der Waals surface area (Å²) in [5.41, 5.74) is 2.00. The van der Waals surface area contributed by atoms with Crippen molar-refractivity contribution in [3.05, 3.63) is 64.9 Å². The van der Waals surface area contributed by atoms with Crippen LogP contribution >= 0.6 is 11.6 Å². The number of hydrogen-bond acceptors (Lipinski definition) is 4. The molecule has 6 nitrogen and oxygen atoms in total. The van der Waals surface area contributed by atoms with Crippen LogP contribution in [0.15, 0.2) is 53.7 Å². The lowest BCUT2D eigenvalue weighted by molar-refractivity contribution is -0.131. The summed E-state index contributed by atoms with van der Waals surface area (Å²) >= 11 is 5.85. The lowest BCUT2D eigenvalue weighted by atomic mass is 10.0. The van der Waals surface area contributed by atoms with Gasteiger partial charge in [-0.3, -0.25) is 9.59 Å². The minimum absolute atomic E-state index is 0.0841. The minimum atomic E-state index is -0.726. The lowest BCUT2D eigenvalue weighted by Gasteiger charge is -2.10. The third kappa shape index (κ3) is 5.27. The molecule has 1 aliphatic heterocycles. The molecule has 1 atom stereocenters. The maximum atomic E-state index is 12.8. The van der Waals surface area contributed by atoms with Crippen LogP contribution < -0.4 is 10.6 Å². The van der Waals surface area contributed by atoms with E-state index in [1.807, 2.05) is 12.1 Å². The number of amides is 2. The van der Waals surface area contributed by atoms with E-state index in [0.717, 1.165) is 5.56 Å². The zero-order chi connectivity index (χ0) is 19.2. The van der Waals surface area contributed by atoms with Crippen LogP contribution in [-0.4, -0.2) is 30.2 Å². The van der Waals surface area contributed by atoms with Crippen molar-refractivity contribution < 1.29 is 18.8 Å². The van der Waals surface area contributed by atoms with Gasteiger partial charge in [0, 0.05) is 30.1 Å². The van der Waals surface area contributed by atoms with Gasteiger partial charge in [0.05, 0.1) is 5.71 Å². The highest BCUT2D eigenvalue weighted by molar-refractivity contribution is 6.30. The highest BCUT2D eigenvalue weighted by atomic mass is 35.5. The second kappa shape index (κ2) is 8.64. The van der Waals surface area contributed by atoms with Gasteiger partial charge < -0.3 is 15.5 Å². The van der Waals surface area contributed by atoms with Gasteiger partial charge in [0.2, 0.25) is 12.0 Å². The van der Waals surface area contributed by atoms with Crippen LogP contribution in [0.3, 0.4) is 0 Å². The monoisotopic (exact) mass is 389 g/mol. The van der Waals surface area contributed by atoms with E-state index < -0.39 is 6.10 Å². The van der Waals surface area contributed by atoms with Crippen LogP contribution in [-0.2, 0) is 14.4 Å². The van der Waals surface area contributed by atoms with Crippen LogP contribution in [0.25, 0.3) is 0 Å². The molecule has 2 aromatic rings. The van der Waals surface area contributed by atoms with Crippen molar-refractivity contribution in [1.82, 2.24) is 5.32 Å². The van der Waals surface area contributed by atoms with Gasteiger partial charge in [0.1, 0.15) is 5.82 Å². The van der Waals surface area contributed by atoms with Crippen LogP contribution in [0.1, 0.15) is 18.4 Å². The molecule has 8 heteroatoms. The molecule has 0 bridgehead atoms. The maximum Gasteiger partial charge on any atom is 0.264 e. The van der Waals surface area contributed by atoms with Crippen molar-refractivity contribution in [2.45, 2.75) is 18.9 Å². The third-order valence-electron chi connectivity index (χ3n) is 3.92. The van der Waals surface area contributed by atoms with Crippen molar-refractivity contribution in [2.75, 3.05) is 11.9 Å². The topological polar surface area (TPSA) is 79.8 Å². The highest BCUT2D eigenvalue weighted by Crippen LogP contribution is 2.18. The number of nitrogens with zero attached hydrogens (tertiary/aromatic N) is 1. The van der Waals surface area contributed by atoms with Gasteiger partial charge in [-0.05, 0) is 42.0 Å². The minimum Gasteiger partial charge on any atom is -0.382 e. The van der Waals surface area contributed by atoms with Gasteiger partial charge in [0.25, 0.3) is 5.91 Å². The molecule has 1 aliphatic rings. The summed E-state index contributed by atoms with van der Waals surface area (Å²) in [5, 5.41) is 9.84. The fraction of sp³-hybridized carbons (Fsp3) is 0.211. The molecular formula is C19H17ClFN3O3. The SMILES string of the molecule is O=C(CCNC(=O)[C@@H]1CC(c2ccc(Cl)cc2)=NO1)Nc1ccc(F)cc1. The van der Waals surface area contributed by atoms with Crippen molar-refractivity contribution in [3.8, 4) is 0 Å². The Bertz CT molecular complexity index is 854. The Hall–Kier alpha value is -2.93. The normalized spacial score (nSPS) is 15.6. The first-order chi connectivity index (χ1) is 13.0. The average Bonchev–Trinajstić information content (AvgIpc) is 3.14. The van der Waals surface area contributed by atoms with E-state index in [2.05, 4.69) is 15.8 Å². The van der Waals surface area contributed by atoms with Crippen molar-refractivity contribution in [2.24, 2.45) is 5.16 Å². The van der Waals surface area contributed by atoms with Crippen LogP contribution in [0.4, 0.5) is 10.1 Å². The standard InChI is InChI=1S/C19H17ClFN3O3/c20-13-3-1-12(2-4-13)16-11-17(27-24-16)19(26)22-10-9-18(25)23-15-7-5-14(21)6-8-15/h1-8,17H,9-11H2,(H,22,26)(H,23,25)/t17-/m0/s1. The molecule has 0 unspecified atom stereocenters. The number of rotatable bonds is 6. The van der Waals surface area contributed by atoms with Gasteiger partial charge in [-0.15, -0.1) is 0 Å². The van der Waals surface area contributed by atoms with Crippen molar-refractivity contribution in [3.63, 3.8) is 0 Å². The Morgan fingerprint density at radius 2 is 1.85 bits per heavy atom. The molecule has 0 radical (unpaired) electrons. The smallest absolute Gasteiger partial charge is 0.264 e. The summed E-state index contributed by atoms with van der Waals surface area (Å²) in [6.07, 6.45) is -0.300. The second-order valence-electron chi connectivity index (χ2n) is 5.94. The van der Waals surface area contributed by atoms with Crippen LogP contribution in [0.5, 0.6) is 0 Å². The quantitative estimate of drug-likeness (QED) is 0.796. The molecule has 0 saturated heterocycles. The molecule has 0 saturated carbocycles. The van der Waals surface area contributed by atoms with Gasteiger partial charge in [0.15, 0.2) is 0 Å². The molecule has 2 aromatic carbocycles. The summed E-state index contributed by atoms with van der Waals surface area (Å²) in [5.74, 6) is -0.998. The maximum absolute atomic E-state index is 12.8. The number of nitrogens with one attached hydrogen (secondary N) is 2. The summed E-state index contributed by atoms with van der Waals surface area (Å²) < 4.78 is 12.8. The van der Waals surface area contributed by atoms with Gasteiger partial charge >= 0.3 is 0 Å². The van der Waals surface area contributed by atoms with E-state index in [1.165, 1.54) is 24.3 Å². The summed E-state index contributed by atoms with van der Waals surface area (Å²) in [7, 11) is 0. The van der Waals surface area contributed by atoms with E-state index in [1.54, 1.807) is 12.1 Å². The molecule has 2 amide bonds. The predicted octanol–water partition coefficient (Wildman–Crippen LogP) is 3.12. The Morgan fingerprint density at radius 1 is 1.15 bits per heavy atom. The lowest BCUT2D eigenvalue weighted by Crippen LogP contribution is -2.36. The fourth-order valence-corrected chi connectivity index (χ4v) is 2.63. The van der Waals surface area contributed by atoms with Gasteiger partial charge in [-0.25, -0.2) is 4.39 Å². The van der Waals surface area contributed by atoms with E-state index in [4.69, 9.17) is 16.4 Å². The molecule has 3 rings (SSSR count). The van der Waals surface area contributed by atoms with E-state index in [9.17, 15) is 14.0 Å².